The summed E-state index contributed by atoms with van der Waals surface area (Å²) in [5.74, 6) is -0.122. The number of rotatable bonds is 5. The molecular weight excluding hydrogens is 280 g/mol. The molecule has 0 aliphatic carbocycles. The molecule has 0 bridgehead atoms. The van der Waals surface area contributed by atoms with Crippen LogP contribution in [0, 0.1) is 10.1 Å². The van der Waals surface area contributed by atoms with Gasteiger partial charge in [0.05, 0.1) is 31.9 Å². The molecule has 0 amide bonds. The van der Waals surface area contributed by atoms with E-state index in [-0.39, 0.29) is 17.9 Å². The monoisotopic (exact) mass is 292 g/mol. The highest BCUT2D eigenvalue weighted by atomic mass is 16.6. The van der Waals surface area contributed by atoms with Crippen molar-refractivity contribution >= 4 is 11.7 Å². The van der Waals surface area contributed by atoms with E-state index < -0.39 is 10.9 Å². The molecule has 0 spiro atoms. The van der Waals surface area contributed by atoms with Gasteiger partial charge < -0.3 is 9.47 Å². The van der Waals surface area contributed by atoms with Crippen LogP contribution in [0.1, 0.15) is 16.1 Å². The van der Waals surface area contributed by atoms with Crippen molar-refractivity contribution in [1.29, 1.82) is 0 Å². The van der Waals surface area contributed by atoms with Gasteiger partial charge in [-0.2, -0.15) is 0 Å². The third kappa shape index (κ3) is 3.14. The van der Waals surface area contributed by atoms with Gasteiger partial charge in [-0.05, 0) is 6.07 Å². The normalized spacial score (nSPS) is 10.2. The van der Waals surface area contributed by atoms with Gasteiger partial charge in [0.15, 0.2) is 5.69 Å². The van der Waals surface area contributed by atoms with Gasteiger partial charge in [-0.3, -0.25) is 10.1 Å². The van der Waals surface area contributed by atoms with E-state index in [1.165, 1.54) is 43.3 Å². The number of non-ortho nitro benzene ring substituents is 1. The average Bonchev–Trinajstić information content (AvgIpc) is 2.94. The van der Waals surface area contributed by atoms with E-state index in [0.29, 0.717) is 11.3 Å². The van der Waals surface area contributed by atoms with E-state index in [4.69, 9.17) is 4.74 Å². The third-order valence-corrected chi connectivity index (χ3v) is 2.74. The highest BCUT2D eigenvalue weighted by Gasteiger charge is 2.14. The van der Waals surface area contributed by atoms with Crippen LogP contribution in [0.5, 0.6) is 5.75 Å². The number of nitro benzene ring substituents is 1. The molecule has 21 heavy (non-hydrogen) atoms. The molecule has 0 atom stereocenters. The Labute approximate surface area is 119 Å². The Morgan fingerprint density at radius 3 is 2.81 bits per heavy atom. The molecule has 1 aromatic heterocycles. The fraction of sp³-hybridized carbons (Fsp3) is 0.250. The summed E-state index contributed by atoms with van der Waals surface area (Å²) in [6.45, 7) is 0.175. The summed E-state index contributed by atoms with van der Waals surface area (Å²) >= 11 is 0. The van der Waals surface area contributed by atoms with Crippen LogP contribution in [-0.4, -0.2) is 40.1 Å². The SMILES string of the molecule is COC(=O)c1cn(Cc2cc([N+](=O)[O-])ccc2OC)nn1. The molecule has 0 saturated heterocycles. The first-order chi connectivity index (χ1) is 10.0. The van der Waals surface area contributed by atoms with Gasteiger partial charge >= 0.3 is 5.97 Å². The summed E-state index contributed by atoms with van der Waals surface area (Å²) < 4.78 is 11.0. The summed E-state index contributed by atoms with van der Waals surface area (Å²) in [6, 6.07) is 4.24. The minimum absolute atomic E-state index is 0.0564. The number of carbonyl (C=O) groups excluding carboxylic acids is 1. The molecule has 1 heterocycles. The van der Waals surface area contributed by atoms with E-state index in [0.717, 1.165) is 0 Å². The lowest BCUT2D eigenvalue weighted by atomic mass is 10.2. The second-order valence-corrected chi connectivity index (χ2v) is 4.05. The van der Waals surface area contributed by atoms with Gasteiger partial charge in [0.2, 0.25) is 0 Å². The number of hydrogen-bond donors (Lipinski definition) is 0. The maximum atomic E-state index is 11.3. The lowest BCUT2D eigenvalue weighted by Gasteiger charge is -2.07. The number of methoxy groups -OCH3 is 2. The van der Waals surface area contributed by atoms with E-state index >= 15 is 0 Å². The third-order valence-electron chi connectivity index (χ3n) is 2.74. The smallest absolute Gasteiger partial charge is 0.360 e. The Balaban J connectivity index is 2.29. The molecular formula is C12H12N4O5. The number of nitro groups is 1. The zero-order chi connectivity index (χ0) is 15.4. The summed E-state index contributed by atoms with van der Waals surface area (Å²) in [5.41, 5.74) is 0.550. The minimum atomic E-state index is -0.604. The van der Waals surface area contributed by atoms with Crippen molar-refractivity contribution in [2.75, 3.05) is 14.2 Å². The van der Waals surface area contributed by atoms with Crippen molar-refractivity contribution in [2.45, 2.75) is 6.54 Å². The maximum absolute atomic E-state index is 11.3. The largest absolute Gasteiger partial charge is 0.496 e. The summed E-state index contributed by atoms with van der Waals surface area (Å²) in [6.07, 6.45) is 1.39. The van der Waals surface area contributed by atoms with E-state index in [1.54, 1.807) is 0 Å². The second-order valence-electron chi connectivity index (χ2n) is 4.05. The Morgan fingerprint density at radius 2 is 2.19 bits per heavy atom. The number of benzene rings is 1. The van der Waals surface area contributed by atoms with Gasteiger partial charge in [0.1, 0.15) is 5.75 Å². The van der Waals surface area contributed by atoms with Gasteiger partial charge in [-0.15, -0.1) is 5.10 Å². The highest BCUT2D eigenvalue weighted by Crippen LogP contribution is 2.24. The summed E-state index contributed by atoms with van der Waals surface area (Å²) in [5, 5.41) is 18.2. The Kier molecular flexibility index (Phi) is 4.12. The Bertz CT molecular complexity index is 682. The molecule has 0 saturated carbocycles. The van der Waals surface area contributed by atoms with Crippen LogP contribution in [0.15, 0.2) is 24.4 Å². The van der Waals surface area contributed by atoms with Crippen LogP contribution in [0.3, 0.4) is 0 Å². The topological polar surface area (TPSA) is 109 Å². The zero-order valence-electron chi connectivity index (χ0n) is 11.3. The predicted molar refractivity (Wildman–Crippen MR) is 70.1 cm³/mol. The van der Waals surface area contributed by atoms with Crippen molar-refractivity contribution in [3.05, 3.63) is 45.8 Å². The summed E-state index contributed by atoms with van der Waals surface area (Å²) in [4.78, 5) is 21.6. The number of aromatic nitrogens is 3. The summed E-state index contributed by atoms with van der Waals surface area (Å²) in [7, 11) is 2.71. The molecule has 0 aliphatic rings. The number of nitrogens with zero attached hydrogens (tertiary/aromatic N) is 4. The molecule has 0 fully saturated rings. The molecule has 1 aromatic carbocycles. The van der Waals surface area contributed by atoms with Crippen LogP contribution in [-0.2, 0) is 11.3 Å². The lowest BCUT2D eigenvalue weighted by Crippen LogP contribution is -2.04. The lowest BCUT2D eigenvalue weighted by molar-refractivity contribution is -0.384. The molecule has 110 valence electrons. The molecule has 0 radical (unpaired) electrons. The van der Waals surface area contributed by atoms with E-state index in [1.807, 2.05) is 0 Å². The van der Waals surface area contributed by atoms with Crippen LogP contribution in [0.25, 0.3) is 0 Å². The fourth-order valence-electron chi connectivity index (χ4n) is 1.75. The zero-order valence-corrected chi connectivity index (χ0v) is 11.3. The Morgan fingerprint density at radius 1 is 1.43 bits per heavy atom. The molecule has 9 nitrogen and oxygen atoms in total. The minimum Gasteiger partial charge on any atom is -0.496 e. The maximum Gasteiger partial charge on any atom is 0.360 e. The molecule has 0 aliphatic heterocycles. The number of carbonyl (C=O) groups is 1. The van der Waals surface area contributed by atoms with Crippen LogP contribution >= 0.6 is 0 Å². The highest BCUT2D eigenvalue weighted by molar-refractivity contribution is 5.86. The van der Waals surface area contributed by atoms with Gasteiger partial charge in [-0.1, -0.05) is 5.21 Å². The van der Waals surface area contributed by atoms with Gasteiger partial charge in [0.25, 0.3) is 5.69 Å². The van der Waals surface area contributed by atoms with Crippen molar-refractivity contribution < 1.29 is 19.2 Å². The Hall–Kier alpha value is -2.97. The molecule has 0 unspecified atom stereocenters. The van der Waals surface area contributed by atoms with Gasteiger partial charge in [0, 0.05) is 17.7 Å². The van der Waals surface area contributed by atoms with Crippen LogP contribution < -0.4 is 4.74 Å². The fourth-order valence-corrected chi connectivity index (χ4v) is 1.75. The van der Waals surface area contributed by atoms with Crippen LogP contribution in [0.2, 0.25) is 0 Å². The second kappa shape index (κ2) is 5.99. The quantitative estimate of drug-likeness (QED) is 0.460. The molecule has 2 aromatic rings. The van der Waals surface area contributed by atoms with Gasteiger partial charge in [-0.25, -0.2) is 9.48 Å². The first-order valence-electron chi connectivity index (χ1n) is 5.85. The van der Waals surface area contributed by atoms with E-state index in [9.17, 15) is 14.9 Å². The molecule has 0 N–H and O–H groups in total. The number of hydrogen-bond acceptors (Lipinski definition) is 7. The standard InChI is InChI=1S/C12H12N4O5/c1-20-11-4-3-9(16(18)19)5-8(11)6-15-7-10(13-14-15)12(17)21-2/h3-5,7H,6H2,1-2H3. The molecule has 2 rings (SSSR count). The molecule has 9 heteroatoms. The average molecular weight is 292 g/mol. The number of esters is 1. The first-order valence-corrected chi connectivity index (χ1v) is 5.85. The van der Waals surface area contributed by atoms with Crippen molar-refractivity contribution in [3.63, 3.8) is 0 Å². The first kappa shape index (κ1) is 14.4. The van der Waals surface area contributed by atoms with Crippen molar-refractivity contribution in [3.8, 4) is 5.75 Å². The predicted octanol–water partition coefficient (Wildman–Crippen LogP) is 1.03. The van der Waals surface area contributed by atoms with Crippen molar-refractivity contribution in [2.24, 2.45) is 0 Å². The number of ether oxygens (including phenoxy) is 2. The van der Waals surface area contributed by atoms with Crippen LogP contribution in [0.4, 0.5) is 5.69 Å². The van der Waals surface area contributed by atoms with E-state index in [2.05, 4.69) is 15.0 Å². The van der Waals surface area contributed by atoms with Crippen molar-refractivity contribution in [1.82, 2.24) is 15.0 Å².